The van der Waals surface area contributed by atoms with E-state index in [9.17, 15) is 4.79 Å². The van der Waals surface area contributed by atoms with Crippen molar-refractivity contribution in [3.8, 4) is 0 Å². The van der Waals surface area contributed by atoms with Gasteiger partial charge >= 0.3 is 0 Å². The fourth-order valence-electron chi connectivity index (χ4n) is 2.20. The molecule has 2 rings (SSSR count). The average Bonchev–Trinajstić information content (AvgIpc) is 2.45. The van der Waals surface area contributed by atoms with Crippen LogP contribution in [0.25, 0.3) is 0 Å². The number of carbonyl (C=O) groups is 1. The number of para-hydroxylation sites is 2. The number of nitrogen functional groups attached to an aromatic ring is 1. The number of nitrogens with two attached hydrogens (primary N) is 1. The van der Waals surface area contributed by atoms with Gasteiger partial charge in [-0.1, -0.05) is 36.4 Å². The molecule has 0 heterocycles. The van der Waals surface area contributed by atoms with Crippen molar-refractivity contribution in [2.75, 3.05) is 17.6 Å². The number of aryl methyl sites for hydroxylation is 2. The molecule has 0 aliphatic carbocycles. The SMILES string of the molecule is Cc1cccc(C)c1NC(=O)CNCc1ccccc1N. The Morgan fingerprint density at radius 3 is 2.38 bits per heavy atom. The van der Waals surface area contributed by atoms with E-state index in [4.69, 9.17) is 5.73 Å². The highest BCUT2D eigenvalue weighted by atomic mass is 16.1. The van der Waals surface area contributed by atoms with Crippen molar-refractivity contribution in [3.05, 3.63) is 59.2 Å². The van der Waals surface area contributed by atoms with Crippen molar-refractivity contribution < 1.29 is 4.79 Å². The minimum absolute atomic E-state index is 0.0538. The number of nitrogens with one attached hydrogen (secondary N) is 2. The van der Waals surface area contributed by atoms with Gasteiger partial charge in [-0.3, -0.25) is 4.79 Å². The highest BCUT2D eigenvalue weighted by Gasteiger charge is 2.07. The average molecular weight is 283 g/mol. The summed E-state index contributed by atoms with van der Waals surface area (Å²) in [5, 5.41) is 6.06. The molecule has 0 saturated heterocycles. The van der Waals surface area contributed by atoms with Crippen molar-refractivity contribution in [3.63, 3.8) is 0 Å². The van der Waals surface area contributed by atoms with E-state index in [1.165, 1.54) is 0 Å². The maximum absolute atomic E-state index is 12.0. The number of hydrogen-bond acceptors (Lipinski definition) is 3. The zero-order valence-corrected chi connectivity index (χ0v) is 12.4. The highest BCUT2D eigenvalue weighted by molar-refractivity contribution is 5.93. The number of hydrogen-bond donors (Lipinski definition) is 3. The molecule has 0 spiro atoms. The van der Waals surface area contributed by atoms with Gasteiger partial charge < -0.3 is 16.4 Å². The Kier molecular flexibility index (Phi) is 4.95. The van der Waals surface area contributed by atoms with Gasteiger partial charge in [0.05, 0.1) is 6.54 Å². The largest absolute Gasteiger partial charge is 0.398 e. The number of benzene rings is 2. The fourth-order valence-corrected chi connectivity index (χ4v) is 2.20. The molecule has 0 saturated carbocycles. The number of carbonyl (C=O) groups excluding carboxylic acids is 1. The molecular weight excluding hydrogens is 262 g/mol. The van der Waals surface area contributed by atoms with Crippen LogP contribution >= 0.6 is 0 Å². The summed E-state index contributed by atoms with van der Waals surface area (Å²) in [6.45, 7) is 4.80. The molecule has 110 valence electrons. The summed E-state index contributed by atoms with van der Waals surface area (Å²) in [5.41, 5.74) is 10.6. The summed E-state index contributed by atoms with van der Waals surface area (Å²) in [7, 11) is 0. The summed E-state index contributed by atoms with van der Waals surface area (Å²) in [5.74, 6) is -0.0538. The van der Waals surface area contributed by atoms with Crippen molar-refractivity contribution in [1.82, 2.24) is 5.32 Å². The molecule has 0 atom stereocenters. The molecule has 0 aliphatic heterocycles. The van der Waals surface area contributed by atoms with E-state index in [0.717, 1.165) is 28.1 Å². The van der Waals surface area contributed by atoms with Crippen molar-refractivity contribution >= 4 is 17.3 Å². The molecule has 4 N–H and O–H groups in total. The van der Waals surface area contributed by atoms with Crippen LogP contribution in [0.4, 0.5) is 11.4 Å². The molecule has 0 unspecified atom stereocenters. The molecule has 4 heteroatoms. The summed E-state index contributed by atoms with van der Waals surface area (Å²) < 4.78 is 0. The fraction of sp³-hybridized carbons (Fsp3) is 0.235. The molecule has 1 amide bonds. The van der Waals surface area contributed by atoms with Crippen molar-refractivity contribution in [2.24, 2.45) is 0 Å². The minimum Gasteiger partial charge on any atom is -0.398 e. The maximum Gasteiger partial charge on any atom is 0.238 e. The van der Waals surface area contributed by atoms with Crippen LogP contribution in [0.15, 0.2) is 42.5 Å². The van der Waals surface area contributed by atoms with Gasteiger partial charge in [0.25, 0.3) is 0 Å². The zero-order chi connectivity index (χ0) is 15.2. The van der Waals surface area contributed by atoms with Crippen LogP contribution in [-0.2, 0) is 11.3 Å². The van der Waals surface area contributed by atoms with E-state index in [1.807, 2.05) is 56.3 Å². The molecule has 0 bridgehead atoms. The van der Waals surface area contributed by atoms with Crippen LogP contribution < -0.4 is 16.4 Å². The Morgan fingerprint density at radius 1 is 1.05 bits per heavy atom. The summed E-state index contributed by atoms with van der Waals surface area (Å²) in [4.78, 5) is 12.0. The van der Waals surface area contributed by atoms with E-state index in [0.29, 0.717) is 6.54 Å². The van der Waals surface area contributed by atoms with Crippen LogP contribution in [0, 0.1) is 13.8 Å². The van der Waals surface area contributed by atoms with Crippen LogP contribution in [0.2, 0.25) is 0 Å². The molecule has 0 aromatic heterocycles. The van der Waals surface area contributed by atoms with E-state index in [-0.39, 0.29) is 12.5 Å². The molecular formula is C17H21N3O. The first-order valence-corrected chi connectivity index (χ1v) is 6.98. The second kappa shape index (κ2) is 6.90. The Labute approximate surface area is 125 Å². The lowest BCUT2D eigenvalue weighted by atomic mass is 10.1. The number of rotatable bonds is 5. The van der Waals surface area contributed by atoms with Gasteiger partial charge in [0.15, 0.2) is 0 Å². The van der Waals surface area contributed by atoms with Gasteiger partial charge in [-0.05, 0) is 36.6 Å². The van der Waals surface area contributed by atoms with Crippen molar-refractivity contribution in [2.45, 2.75) is 20.4 Å². The zero-order valence-electron chi connectivity index (χ0n) is 12.4. The van der Waals surface area contributed by atoms with E-state index in [2.05, 4.69) is 10.6 Å². The summed E-state index contributed by atoms with van der Waals surface area (Å²) in [6, 6.07) is 13.6. The van der Waals surface area contributed by atoms with Crippen LogP contribution in [0.5, 0.6) is 0 Å². The predicted octanol–water partition coefficient (Wildman–Crippen LogP) is 2.61. The molecule has 0 radical (unpaired) electrons. The smallest absolute Gasteiger partial charge is 0.238 e. The van der Waals surface area contributed by atoms with Gasteiger partial charge in [0.2, 0.25) is 5.91 Å². The molecule has 21 heavy (non-hydrogen) atoms. The molecule has 0 aliphatic rings. The third-order valence-corrected chi connectivity index (χ3v) is 3.40. The monoisotopic (exact) mass is 283 g/mol. The third kappa shape index (κ3) is 4.07. The van der Waals surface area contributed by atoms with Gasteiger partial charge in [-0.25, -0.2) is 0 Å². The predicted molar refractivity (Wildman–Crippen MR) is 87.1 cm³/mol. The Hall–Kier alpha value is -2.33. The Bertz CT molecular complexity index is 617. The number of amides is 1. The lowest BCUT2D eigenvalue weighted by Crippen LogP contribution is -2.28. The second-order valence-electron chi connectivity index (χ2n) is 5.12. The maximum atomic E-state index is 12.0. The quantitative estimate of drug-likeness (QED) is 0.739. The van der Waals surface area contributed by atoms with Crippen LogP contribution in [0.3, 0.4) is 0 Å². The topological polar surface area (TPSA) is 67.2 Å². The molecule has 0 fully saturated rings. The second-order valence-corrected chi connectivity index (χ2v) is 5.12. The number of anilines is 2. The summed E-state index contributed by atoms with van der Waals surface area (Å²) in [6.07, 6.45) is 0. The van der Waals surface area contributed by atoms with Gasteiger partial charge in [-0.2, -0.15) is 0 Å². The molecule has 2 aromatic carbocycles. The normalized spacial score (nSPS) is 10.4. The first-order valence-electron chi connectivity index (χ1n) is 6.98. The molecule has 4 nitrogen and oxygen atoms in total. The minimum atomic E-state index is -0.0538. The van der Waals surface area contributed by atoms with Crippen LogP contribution in [-0.4, -0.2) is 12.5 Å². The Morgan fingerprint density at radius 2 is 1.71 bits per heavy atom. The Balaban J connectivity index is 1.87. The van der Waals surface area contributed by atoms with Gasteiger partial charge in [0, 0.05) is 17.9 Å². The standard InChI is InChI=1S/C17H21N3O/c1-12-6-5-7-13(2)17(12)20-16(21)11-19-10-14-8-3-4-9-15(14)18/h3-9,19H,10-11,18H2,1-2H3,(H,20,21). The van der Waals surface area contributed by atoms with E-state index >= 15 is 0 Å². The third-order valence-electron chi connectivity index (χ3n) is 3.40. The lowest BCUT2D eigenvalue weighted by Gasteiger charge is -2.12. The van der Waals surface area contributed by atoms with E-state index in [1.54, 1.807) is 0 Å². The first-order chi connectivity index (χ1) is 10.1. The first kappa shape index (κ1) is 15.1. The molecule has 2 aromatic rings. The summed E-state index contributed by atoms with van der Waals surface area (Å²) >= 11 is 0. The van der Waals surface area contributed by atoms with E-state index < -0.39 is 0 Å². The lowest BCUT2D eigenvalue weighted by molar-refractivity contribution is -0.115. The van der Waals surface area contributed by atoms with Gasteiger partial charge in [0.1, 0.15) is 0 Å². The van der Waals surface area contributed by atoms with Crippen LogP contribution in [0.1, 0.15) is 16.7 Å². The van der Waals surface area contributed by atoms with Crippen molar-refractivity contribution in [1.29, 1.82) is 0 Å². The highest BCUT2D eigenvalue weighted by Crippen LogP contribution is 2.19. The van der Waals surface area contributed by atoms with Gasteiger partial charge in [-0.15, -0.1) is 0 Å².